The third kappa shape index (κ3) is 3.80. The van der Waals surface area contributed by atoms with E-state index in [1.807, 2.05) is 47.4 Å². The number of carbonyl (C=O) groups excluding carboxylic acids is 1. The zero-order valence-electron chi connectivity index (χ0n) is 15.9. The van der Waals surface area contributed by atoms with Gasteiger partial charge in [0.05, 0.1) is 20.3 Å². The molecule has 144 valence electrons. The highest BCUT2D eigenvalue weighted by molar-refractivity contribution is 5.94. The Morgan fingerprint density at radius 2 is 1.79 bits per heavy atom. The van der Waals surface area contributed by atoms with Gasteiger partial charge in [0.1, 0.15) is 18.1 Å². The molecule has 0 N–H and O–H groups in total. The fourth-order valence-corrected chi connectivity index (χ4v) is 3.45. The van der Waals surface area contributed by atoms with Gasteiger partial charge >= 0.3 is 0 Å². The molecule has 1 aliphatic heterocycles. The van der Waals surface area contributed by atoms with Crippen LogP contribution in [-0.4, -0.2) is 44.2 Å². The SMILES string of the molecule is COc1ccc(C(=O)N2CCOCC2)cc1COc1cccc2ccccc12. The molecule has 0 bridgehead atoms. The quantitative estimate of drug-likeness (QED) is 0.677. The van der Waals surface area contributed by atoms with E-state index in [-0.39, 0.29) is 5.91 Å². The number of ether oxygens (including phenoxy) is 3. The minimum Gasteiger partial charge on any atom is -0.496 e. The van der Waals surface area contributed by atoms with E-state index in [1.165, 1.54) is 0 Å². The Labute approximate surface area is 164 Å². The molecule has 3 aromatic rings. The number of hydrogen-bond acceptors (Lipinski definition) is 4. The molecule has 0 spiro atoms. The van der Waals surface area contributed by atoms with Gasteiger partial charge < -0.3 is 19.1 Å². The number of amides is 1. The zero-order chi connectivity index (χ0) is 19.3. The number of nitrogens with zero attached hydrogens (tertiary/aromatic N) is 1. The number of carbonyl (C=O) groups is 1. The summed E-state index contributed by atoms with van der Waals surface area (Å²) in [6.07, 6.45) is 0. The van der Waals surface area contributed by atoms with Crippen molar-refractivity contribution in [3.05, 3.63) is 71.8 Å². The normalized spacial score (nSPS) is 14.1. The van der Waals surface area contributed by atoms with Crippen LogP contribution >= 0.6 is 0 Å². The first-order valence-electron chi connectivity index (χ1n) is 9.41. The Hall–Kier alpha value is -3.05. The molecule has 1 amide bonds. The van der Waals surface area contributed by atoms with Gasteiger partial charge in [-0.25, -0.2) is 0 Å². The monoisotopic (exact) mass is 377 g/mol. The van der Waals surface area contributed by atoms with Gasteiger partial charge in [-0.3, -0.25) is 4.79 Å². The van der Waals surface area contributed by atoms with E-state index in [0.717, 1.165) is 22.1 Å². The van der Waals surface area contributed by atoms with Crippen molar-refractivity contribution in [2.75, 3.05) is 33.4 Å². The first-order chi connectivity index (χ1) is 13.8. The molecular formula is C23H23NO4. The molecule has 1 fully saturated rings. The van der Waals surface area contributed by atoms with Gasteiger partial charge in [0.25, 0.3) is 5.91 Å². The Kier molecular flexibility index (Phi) is 5.44. The largest absolute Gasteiger partial charge is 0.496 e. The maximum absolute atomic E-state index is 12.8. The van der Waals surface area contributed by atoms with Crippen LogP contribution in [0.2, 0.25) is 0 Å². The van der Waals surface area contributed by atoms with E-state index in [1.54, 1.807) is 13.2 Å². The molecular weight excluding hydrogens is 354 g/mol. The molecule has 5 nitrogen and oxygen atoms in total. The average Bonchev–Trinajstić information content (AvgIpc) is 2.77. The summed E-state index contributed by atoms with van der Waals surface area (Å²) in [5.74, 6) is 1.53. The smallest absolute Gasteiger partial charge is 0.254 e. The van der Waals surface area contributed by atoms with Gasteiger partial charge in [-0.2, -0.15) is 0 Å². The second-order valence-electron chi connectivity index (χ2n) is 6.70. The minimum absolute atomic E-state index is 0.0114. The van der Waals surface area contributed by atoms with E-state index in [9.17, 15) is 4.79 Å². The standard InChI is InChI=1S/C23H23NO4/c1-26-21-10-9-18(23(25)24-11-13-27-14-12-24)15-19(21)16-28-22-8-4-6-17-5-2-3-7-20(17)22/h2-10,15H,11-14,16H2,1H3. The molecule has 1 aliphatic rings. The molecule has 0 unspecified atom stereocenters. The zero-order valence-corrected chi connectivity index (χ0v) is 15.9. The topological polar surface area (TPSA) is 48.0 Å². The van der Waals surface area contributed by atoms with E-state index in [2.05, 4.69) is 12.1 Å². The summed E-state index contributed by atoms with van der Waals surface area (Å²) < 4.78 is 16.9. The molecule has 0 aliphatic carbocycles. The summed E-state index contributed by atoms with van der Waals surface area (Å²) >= 11 is 0. The van der Waals surface area contributed by atoms with Crippen molar-refractivity contribution in [3.63, 3.8) is 0 Å². The molecule has 1 heterocycles. The summed E-state index contributed by atoms with van der Waals surface area (Å²) in [6, 6.07) is 19.6. The highest BCUT2D eigenvalue weighted by Crippen LogP contribution is 2.28. The third-order valence-electron chi connectivity index (χ3n) is 4.96. The van der Waals surface area contributed by atoms with Crippen LogP contribution in [0.4, 0.5) is 0 Å². The lowest BCUT2D eigenvalue weighted by Crippen LogP contribution is -2.40. The lowest BCUT2D eigenvalue weighted by atomic mass is 10.1. The van der Waals surface area contributed by atoms with Crippen LogP contribution in [0.1, 0.15) is 15.9 Å². The molecule has 28 heavy (non-hydrogen) atoms. The van der Waals surface area contributed by atoms with Crippen molar-refractivity contribution >= 4 is 16.7 Å². The Morgan fingerprint density at radius 3 is 2.61 bits per heavy atom. The van der Waals surface area contributed by atoms with Crippen LogP contribution in [0, 0.1) is 0 Å². The highest BCUT2D eigenvalue weighted by Gasteiger charge is 2.20. The van der Waals surface area contributed by atoms with E-state index < -0.39 is 0 Å². The van der Waals surface area contributed by atoms with E-state index in [4.69, 9.17) is 14.2 Å². The predicted molar refractivity (Wildman–Crippen MR) is 108 cm³/mol. The summed E-state index contributed by atoms with van der Waals surface area (Å²) in [5, 5.41) is 2.19. The number of benzene rings is 3. The number of morpholine rings is 1. The van der Waals surface area contributed by atoms with Crippen LogP contribution in [0.5, 0.6) is 11.5 Å². The number of hydrogen-bond donors (Lipinski definition) is 0. The third-order valence-corrected chi connectivity index (χ3v) is 4.96. The van der Waals surface area contributed by atoms with Crippen LogP contribution < -0.4 is 9.47 Å². The Balaban J connectivity index is 1.57. The lowest BCUT2D eigenvalue weighted by Gasteiger charge is -2.27. The molecule has 5 heteroatoms. The van der Waals surface area contributed by atoms with Crippen molar-refractivity contribution in [1.29, 1.82) is 0 Å². The van der Waals surface area contributed by atoms with Crippen LogP contribution in [0.3, 0.4) is 0 Å². The molecule has 0 radical (unpaired) electrons. The van der Waals surface area contributed by atoms with Crippen molar-refractivity contribution in [2.24, 2.45) is 0 Å². The Morgan fingerprint density at radius 1 is 1.00 bits per heavy atom. The first kappa shape index (κ1) is 18.3. The van der Waals surface area contributed by atoms with Gasteiger partial charge in [0.2, 0.25) is 0 Å². The Bertz CT molecular complexity index is 974. The fraction of sp³-hybridized carbons (Fsp3) is 0.261. The van der Waals surface area contributed by atoms with Crippen molar-refractivity contribution < 1.29 is 19.0 Å². The molecule has 0 saturated carbocycles. The second kappa shape index (κ2) is 8.31. The summed E-state index contributed by atoms with van der Waals surface area (Å²) in [5.41, 5.74) is 1.48. The maximum atomic E-state index is 12.8. The molecule has 1 saturated heterocycles. The molecule has 3 aromatic carbocycles. The van der Waals surface area contributed by atoms with Crippen molar-refractivity contribution in [2.45, 2.75) is 6.61 Å². The fourth-order valence-electron chi connectivity index (χ4n) is 3.45. The highest BCUT2D eigenvalue weighted by atomic mass is 16.5. The van der Waals surface area contributed by atoms with Crippen LogP contribution in [0.25, 0.3) is 10.8 Å². The summed E-state index contributed by atoms with van der Waals surface area (Å²) in [7, 11) is 1.63. The van der Waals surface area contributed by atoms with Crippen LogP contribution in [-0.2, 0) is 11.3 Å². The van der Waals surface area contributed by atoms with Gasteiger partial charge in [0.15, 0.2) is 0 Å². The molecule has 0 aromatic heterocycles. The van der Waals surface area contributed by atoms with Crippen molar-refractivity contribution in [3.8, 4) is 11.5 Å². The van der Waals surface area contributed by atoms with Gasteiger partial charge in [-0.1, -0.05) is 36.4 Å². The van der Waals surface area contributed by atoms with Crippen LogP contribution in [0.15, 0.2) is 60.7 Å². The molecule has 4 rings (SSSR count). The lowest BCUT2D eigenvalue weighted by molar-refractivity contribution is 0.0302. The first-order valence-corrected chi connectivity index (χ1v) is 9.41. The maximum Gasteiger partial charge on any atom is 0.254 e. The summed E-state index contributed by atoms with van der Waals surface area (Å²) in [4.78, 5) is 14.6. The van der Waals surface area contributed by atoms with Gasteiger partial charge in [0, 0.05) is 29.6 Å². The van der Waals surface area contributed by atoms with Crippen molar-refractivity contribution in [1.82, 2.24) is 4.90 Å². The number of methoxy groups -OCH3 is 1. The number of rotatable bonds is 5. The van der Waals surface area contributed by atoms with E-state index in [0.29, 0.717) is 44.2 Å². The molecule has 0 atom stereocenters. The predicted octanol–water partition coefficient (Wildman–Crippen LogP) is 3.90. The average molecular weight is 377 g/mol. The van der Waals surface area contributed by atoms with Gasteiger partial charge in [-0.15, -0.1) is 0 Å². The number of fused-ring (bicyclic) bond motifs is 1. The summed E-state index contributed by atoms with van der Waals surface area (Å²) in [6.45, 7) is 2.72. The second-order valence-corrected chi connectivity index (χ2v) is 6.70. The van der Waals surface area contributed by atoms with E-state index >= 15 is 0 Å². The van der Waals surface area contributed by atoms with Gasteiger partial charge in [-0.05, 0) is 29.7 Å². The minimum atomic E-state index is 0.0114.